The number of carbonyl (C=O) groups excluding carboxylic acids is 1. The molecule has 0 unspecified atom stereocenters. The third-order valence-electron chi connectivity index (χ3n) is 4.51. The molecule has 1 amide bonds. The topological polar surface area (TPSA) is 41.6 Å². The first-order valence-electron chi connectivity index (χ1n) is 8.52. The first kappa shape index (κ1) is 18.0. The first-order chi connectivity index (χ1) is 10.9. The van der Waals surface area contributed by atoms with E-state index in [1.807, 2.05) is 6.07 Å². The summed E-state index contributed by atoms with van der Waals surface area (Å²) in [6, 6.07) is 10.9. The zero-order chi connectivity index (χ0) is 16.9. The molecule has 4 heteroatoms. The van der Waals surface area contributed by atoms with E-state index in [1.54, 1.807) is 0 Å². The second kappa shape index (κ2) is 7.93. The fourth-order valence-corrected chi connectivity index (χ4v) is 3.32. The highest BCUT2D eigenvalue weighted by molar-refractivity contribution is 5.76. The van der Waals surface area contributed by atoms with Crippen LogP contribution in [-0.4, -0.2) is 43.2 Å². The van der Waals surface area contributed by atoms with Crippen molar-refractivity contribution in [2.24, 2.45) is 0 Å². The van der Waals surface area contributed by atoms with Crippen LogP contribution in [0.2, 0.25) is 0 Å². The lowest BCUT2D eigenvalue weighted by molar-refractivity contribution is -0.124. The normalized spacial score (nSPS) is 21.9. The van der Waals surface area contributed by atoms with Crippen LogP contribution in [0.3, 0.4) is 0 Å². The number of benzene rings is 1. The Morgan fingerprint density at radius 3 is 2.65 bits per heavy atom. The summed E-state index contributed by atoms with van der Waals surface area (Å²) >= 11 is 0. The quantitative estimate of drug-likeness (QED) is 0.876. The number of rotatable bonds is 6. The largest absolute Gasteiger partial charge is 0.375 e. The van der Waals surface area contributed by atoms with Crippen molar-refractivity contribution >= 4 is 5.91 Å². The molecule has 1 saturated heterocycles. The Labute approximate surface area is 140 Å². The summed E-state index contributed by atoms with van der Waals surface area (Å²) in [5.41, 5.74) is 1.13. The van der Waals surface area contributed by atoms with Crippen LogP contribution in [0.4, 0.5) is 0 Å². The zero-order valence-electron chi connectivity index (χ0n) is 14.8. The van der Waals surface area contributed by atoms with Crippen molar-refractivity contribution in [3.8, 4) is 0 Å². The maximum Gasteiger partial charge on any atom is 0.220 e. The second-order valence-electron chi connectivity index (χ2n) is 7.29. The molecule has 0 spiro atoms. The summed E-state index contributed by atoms with van der Waals surface area (Å²) in [7, 11) is 4.13. The second-order valence-corrected chi connectivity index (χ2v) is 7.29. The number of amides is 1. The highest BCUT2D eigenvalue weighted by atomic mass is 16.5. The van der Waals surface area contributed by atoms with Gasteiger partial charge >= 0.3 is 0 Å². The minimum Gasteiger partial charge on any atom is -0.375 e. The molecule has 23 heavy (non-hydrogen) atoms. The van der Waals surface area contributed by atoms with E-state index in [2.05, 4.69) is 62.4 Å². The maximum absolute atomic E-state index is 12.3. The first-order valence-corrected chi connectivity index (χ1v) is 8.52. The van der Waals surface area contributed by atoms with Gasteiger partial charge in [0.15, 0.2) is 0 Å². The van der Waals surface area contributed by atoms with E-state index < -0.39 is 0 Å². The highest BCUT2D eigenvalue weighted by Crippen LogP contribution is 2.25. The molecule has 128 valence electrons. The molecule has 0 radical (unpaired) electrons. The fraction of sp³-hybridized carbons (Fsp3) is 0.632. The Kier molecular flexibility index (Phi) is 6.19. The SMILES string of the molecule is CN(C)[C@H](CCC(=O)N[C@@H]1CCOC(C)(C)C1)c1ccccc1. The van der Waals surface area contributed by atoms with E-state index in [4.69, 9.17) is 4.74 Å². The van der Waals surface area contributed by atoms with E-state index in [1.165, 1.54) is 5.56 Å². The lowest BCUT2D eigenvalue weighted by atomic mass is 9.93. The number of hydrogen-bond donors (Lipinski definition) is 1. The van der Waals surface area contributed by atoms with E-state index >= 15 is 0 Å². The van der Waals surface area contributed by atoms with Gasteiger partial charge in [0, 0.05) is 25.1 Å². The maximum atomic E-state index is 12.3. The van der Waals surface area contributed by atoms with Gasteiger partial charge in [-0.1, -0.05) is 30.3 Å². The molecule has 1 aliphatic heterocycles. The molecule has 0 aromatic heterocycles. The molecule has 1 aromatic rings. The summed E-state index contributed by atoms with van der Waals surface area (Å²) < 4.78 is 5.71. The lowest BCUT2D eigenvalue weighted by Crippen LogP contribution is -2.45. The third-order valence-corrected chi connectivity index (χ3v) is 4.51. The summed E-state index contributed by atoms with van der Waals surface area (Å²) in [6.07, 6.45) is 3.17. The van der Waals surface area contributed by atoms with Gasteiger partial charge in [-0.15, -0.1) is 0 Å². The molecule has 1 N–H and O–H groups in total. The van der Waals surface area contributed by atoms with Crippen LogP contribution in [-0.2, 0) is 9.53 Å². The van der Waals surface area contributed by atoms with Crippen molar-refractivity contribution in [2.75, 3.05) is 20.7 Å². The Morgan fingerprint density at radius 2 is 2.04 bits per heavy atom. The molecule has 4 nitrogen and oxygen atoms in total. The minimum absolute atomic E-state index is 0.133. The van der Waals surface area contributed by atoms with Gasteiger partial charge in [0.05, 0.1) is 5.60 Å². The summed E-state index contributed by atoms with van der Waals surface area (Å²) in [6.45, 7) is 4.90. The average Bonchev–Trinajstić information content (AvgIpc) is 2.47. The van der Waals surface area contributed by atoms with Gasteiger partial charge in [0.2, 0.25) is 5.91 Å². The smallest absolute Gasteiger partial charge is 0.220 e. The van der Waals surface area contributed by atoms with Gasteiger partial charge in [0.1, 0.15) is 0 Å². The minimum atomic E-state index is -0.133. The van der Waals surface area contributed by atoms with Crippen molar-refractivity contribution in [1.29, 1.82) is 0 Å². The molecule has 2 rings (SSSR count). The Balaban J connectivity index is 1.85. The monoisotopic (exact) mass is 318 g/mol. The molecule has 1 aromatic carbocycles. The highest BCUT2D eigenvalue weighted by Gasteiger charge is 2.29. The molecular formula is C19H30N2O2. The van der Waals surface area contributed by atoms with Crippen LogP contribution >= 0.6 is 0 Å². The van der Waals surface area contributed by atoms with E-state index in [0.717, 1.165) is 25.9 Å². The van der Waals surface area contributed by atoms with Crippen LogP contribution < -0.4 is 5.32 Å². The van der Waals surface area contributed by atoms with Gasteiger partial charge < -0.3 is 15.0 Å². The molecule has 1 heterocycles. The standard InChI is InChI=1S/C19H30N2O2/c1-19(2)14-16(12-13-23-19)20-18(22)11-10-17(21(3)4)15-8-6-5-7-9-15/h5-9,16-17H,10-14H2,1-4H3,(H,20,22)/t16-,17-/m1/s1. The van der Waals surface area contributed by atoms with Crippen molar-refractivity contribution in [2.45, 2.75) is 57.2 Å². The van der Waals surface area contributed by atoms with Gasteiger partial charge in [-0.05, 0) is 52.8 Å². The Hall–Kier alpha value is -1.39. The van der Waals surface area contributed by atoms with Gasteiger partial charge in [-0.3, -0.25) is 4.79 Å². The molecule has 2 atom stereocenters. The Bertz CT molecular complexity index is 499. The fourth-order valence-electron chi connectivity index (χ4n) is 3.32. The lowest BCUT2D eigenvalue weighted by Gasteiger charge is -2.36. The van der Waals surface area contributed by atoms with Gasteiger partial charge in [0.25, 0.3) is 0 Å². The van der Waals surface area contributed by atoms with Crippen LogP contribution in [0.1, 0.15) is 51.1 Å². The number of carbonyl (C=O) groups is 1. The van der Waals surface area contributed by atoms with Crippen LogP contribution in [0.25, 0.3) is 0 Å². The third kappa shape index (κ3) is 5.63. The van der Waals surface area contributed by atoms with E-state index in [0.29, 0.717) is 6.42 Å². The number of hydrogen-bond acceptors (Lipinski definition) is 3. The Morgan fingerprint density at radius 1 is 1.35 bits per heavy atom. The van der Waals surface area contributed by atoms with E-state index in [9.17, 15) is 4.79 Å². The number of nitrogens with zero attached hydrogens (tertiary/aromatic N) is 1. The molecule has 0 bridgehead atoms. The van der Waals surface area contributed by atoms with Crippen molar-refractivity contribution in [1.82, 2.24) is 10.2 Å². The zero-order valence-corrected chi connectivity index (χ0v) is 14.8. The predicted octanol–water partition coefficient (Wildman–Crippen LogP) is 3.14. The average molecular weight is 318 g/mol. The van der Waals surface area contributed by atoms with Crippen molar-refractivity contribution in [3.63, 3.8) is 0 Å². The summed E-state index contributed by atoms with van der Waals surface area (Å²) in [5.74, 6) is 0.149. The van der Waals surface area contributed by atoms with Crippen LogP contribution in [0.15, 0.2) is 30.3 Å². The predicted molar refractivity (Wildman–Crippen MR) is 93.3 cm³/mol. The van der Waals surface area contributed by atoms with E-state index in [-0.39, 0.29) is 23.6 Å². The summed E-state index contributed by atoms with van der Waals surface area (Å²) in [4.78, 5) is 14.5. The summed E-state index contributed by atoms with van der Waals surface area (Å²) in [5, 5.41) is 3.18. The molecule has 1 fully saturated rings. The molecule has 1 aliphatic rings. The number of ether oxygens (including phenoxy) is 1. The molecular weight excluding hydrogens is 288 g/mol. The van der Waals surface area contributed by atoms with Crippen LogP contribution in [0, 0.1) is 0 Å². The van der Waals surface area contributed by atoms with Crippen molar-refractivity contribution in [3.05, 3.63) is 35.9 Å². The van der Waals surface area contributed by atoms with Gasteiger partial charge in [-0.2, -0.15) is 0 Å². The molecule has 0 aliphatic carbocycles. The molecule has 0 saturated carbocycles. The van der Waals surface area contributed by atoms with Crippen molar-refractivity contribution < 1.29 is 9.53 Å². The van der Waals surface area contributed by atoms with Gasteiger partial charge in [-0.25, -0.2) is 0 Å². The van der Waals surface area contributed by atoms with Crippen LogP contribution in [0.5, 0.6) is 0 Å². The number of nitrogens with one attached hydrogen (secondary N) is 1.